The summed E-state index contributed by atoms with van der Waals surface area (Å²) < 4.78 is 0. The zero-order valence-corrected chi connectivity index (χ0v) is 11.0. The zero-order chi connectivity index (χ0) is 14.0. The van der Waals surface area contributed by atoms with Gasteiger partial charge in [-0.25, -0.2) is 0 Å². The molecule has 1 saturated carbocycles. The first kappa shape index (κ1) is 13.7. The third-order valence-electron chi connectivity index (χ3n) is 3.63. The predicted molar refractivity (Wildman–Crippen MR) is 72.4 cm³/mol. The van der Waals surface area contributed by atoms with E-state index in [2.05, 4.69) is 5.32 Å². The van der Waals surface area contributed by atoms with Gasteiger partial charge < -0.3 is 16.2 Å². The number of hydrogen-bond donors (Lipinski definition) is 3. The minimum absolute atomic E-state index is 0.267. The molecule has 1 aromatic rings. The summed E-state index contributed by atoms with van der Waals surface area (Å²) in [4.78, 5) is 22.6. The second-order valence-electron chi connectivity index (χ2n) is 4.85. The first-order chi connectivity index (χ1) is 8.94. The van der Waals surface area contributed by atoms with Gasteiger partial charge in [0, 0.05) is 17.3 Å². The van der Waals surface area contributed by atoms with Crippen molar-refractivity contribution in [2.45, 2.75) is 19.3 Å². The van der Waals surface area contributed by atoms with E-state index in [1.807, 2.05) is 0 Å². The van der Waals surface area contributed by atoms with Crippen LogP contribution in [0.25, 0.3) is 0 Å². The maximum Gasteiger partial charge on any atom is 0.311 e. The Balaban J connectivity index is 2.17. The highest BCUT2D eigenvalue weighted by Gasteiger charge is 2.44. The topological polar surface area (TPSA) is 92.4 Å². The van der Waals surface area contributed by atoms with Gasteiger partial charge >= 0.3 is 5.97 Å². The molecule has 5 nitrogen and oxygen atoms in total. The highest BCUT2D eigenvalue weighted by Crippen LogP contribution is 2.41. The lowest BCUT2D eigenvalue weighted by atomic mass is 9.69. The fraction of sp³-hybridized carbons (Fsp3) is 0.385. The van der Waals surface area contributed by atoms with Crippen LogP contribution in [0.4, 0.5) is 5.69 Å². The van der Waals surface area contributed by atoms with Gasteiger partial charge in [-0.15, -0.1) is 0 Å². The summed E-state index contributed by atoms with van der Waals surface area (Å²) in [6.07, 6.45) is 2.19. The van der Waals surface area contributed by atoms with Crippen molar-refractivity contribution in [2.24, 2.45) is 11.1 Å². The minimum atomic E-state index is -0.811. The van der Waals surface area contributed by atoms with E-state index in [0.717, 1.165) is 6.42 Å². The lowest BCUT2D eigenvalue weighted by Gasteiger charge is -2.38. The fourth-order valence-corrected chi connectivity index (χ4v) is 2.38. The van der Waals surface area contributed by atoms with Crippen molar-refractivity contribution in [3.8, 4) is 0 Å². The largest absolute Gasteiger partial charge is 0.481 e. The van der Waals surface area contributed by atoms with Gasteiger partial charge in [0.25, 0.3) is 5.91 Å². The molecule has 1 amide bonds. The highest BCUT2D eigenvalue weighted by molar-refractivity contribution is 6.31. The fourth-order valence-electron chi connectivity index (χ4n) is 2.21. The first-order valence-electron chi connectivity index (χ1n) is 6.01. The standard InChI is InChI=1S/C13H15ClN2O3/c14-8-2-3-9(11(15)17)10(6-8)16-7-13(12(18)19)4-1-5-13/h2-3,6,16H,1,4-5,7H2,(H2,15,17)(H,18,19). The highest BCUT2D eigenvalue weighted by atomic mass is 35.5. The van der Waals surface area contributed by atoms with Crippen LogP contribution in [-0.2, 0) is 4.79 Å². The number of primary amides is 1. The molecule has 0 spiro atoms. The van der Waals surface area contributed by atoms with Gasteiger partial charge in [0.2, 0.25) is 0 Å². The zero-order valence-electron chi connectivity index (χ0n) is 10.3. The Morgan fingerprint density at radius 1 is 1.42 bits per heavy atom. The summed E-state index contributed by atoms with van der Waals surface area (Å²) in [5.41, 5.74) is 5.32. The van der Waals surface area contributed by atoms with Crippen LogP contribution in [0.3, 0.4) is 0 Å². The molecule has 1 aliphatic rings. The molecule has 0 unspecified atom stereocenters. The molecule has 0 aromatic heterocycles. The number of carbonyl (C=O) groups is 2. The van der Waals surface area contributed by atoms with E-state index in [9.17, 15) is 14.7 Å². The number of nitrogens with two attached hydrogens (primary N) is 1. The van der Waals surface area contributed by atoms with Crippen molar-refractivity contribution in [3.63, 3.8) is 0 Å². The van der Waals surface area contributed by atoms with E-state index in [1.54, 1.807) is 12.1 Å². The van der Waals surface area contributed by atoms with Crippen molar-refractivity contribution in [3.05, 3.63) is 28.8 Å². The van der Waals surface area contributed by atoms with Gasteiger partial charge in [-0.1, -0.05) is 18.0 Å². The van der Waals surface area contributed by atoms with E-state index in [0.29, 0.717) is 29.1 Å². The Bertz CT molecular complexity index is 527. The Morgan fingerprint density at radius 3 is 2.58 bits per heavy atom. The van der Waals surface area contributed by atoms with E-state index in [-0.39, 0.29) is 6.54 Å². The Hall–Kier alpha value is -1.75. The van der Waals surface area contributed by atoms with Crippen LogP contribution in [0.15, 0.2) is 18.2 Å². The molecule has 1 aromatic carbocycles. The maximum atomic E-state index is 11.3. The quantitative estimate of drug-likeness (QED) is 0.771. The van der Waals surface area contributed by atoms with Gasteiger partial charge in [-0.2, -0.15) is 0 Å². The van der Waals surface area contributed by atoms with E-state index < -0.39 is 17.3 Å². The monoisotopic (exact) mass is 282 g/mol. The Labute approximate surface area is 115 Å². The number of halogens is 1. The number of carboxylic acids is 1. The number of anilines is 1. The lowest BCUT2D eigenvalue weighted by molar-refractivity contribution is -0.153. The number of nitrogens with one attached hydrogen (secondary N) is 1. The smallest absolute Gasteiger partial charge is 0.311 e. The minimum Gasteiger partial charge on any atom is -0.481 e. The maximum absolute atomic E-state index is 11.3. The van der Waals surface area contributed by atoms with Crippen molar-refractivity contribution < 1.29 is 14.7 Å². The molecule has 19 heavy (non-hydrogen) atoms. The number of hydrogen-bond acceptors (Lipinski definition) is 3. The molecular weight excluding hydrogens is 268 g/mol. The average molecular weight is 283 g/mol. The number of carboxylic acid groups (broad SMARTS) is 1. The van der Waals surface area contributed by atoms with Crippen molar-refractivity contribution in [1.82, 2.24) is 0 Å². The molecule has 0 atom stereocenters. The number of benzene rings is 1. The summed E-state index contributed by atoms with van der Waals surface area (Å²) in [7, 11) is 0. The van der Waals surface area contributed by atoms with Gasteiger partial charge in [0.05, 0.1) is 11.0 Å². The van der Waals surface area contributed by atoms with Crippen molar-refractivity contribution >= 4 is 29.2 Å². The molecule has 0 bridgehead atoms. The Kier molecular flexibility index (Phi) is 3.66. The summed E-state index contributed by atoms with van der Waals surface area (Å²) in [6, 6.07) is 4.68. The summed E-state index contributed by atoms with van der Waals surface area (Å²) in [5.74, 6) is -1.38. The molecular formula is C13H15ClN2O3. The Morgan fingerprint density at radius 2 is 2.11 bits per heavy atom. The molecule has 1 fully saturated rings. The SMILES string of the molecule is NC(=O)c1ccc(Cl)cc1NCC1(C(=O)O)CCC1. The third-order valence-corrected chi connectivity index (χ3v) is 3.86. The van der Waals surface area contributed by atoms with Crippen LogP contribution in [0, 0.1) is 5.41 Å². The third kappa shape index (κ3) is 2.66. The summed E-state index contributed by atoms with van der Waals surface area (Å²) in [6.45, 7) is 0.267. The van der Waals surface area contributed by atoms with Crippen molar-refractivity contribution in [1.29, 1.82) is 0 Å². The molecule has 2 rings (SSSR count). The molecule has 0 saturated heterocycles. The molecule has 0 aliphatic heterocycles. The number of amides is 1. The number of carbonyl (C=O) groups excluding carboxylic acids is 1. The molecule has 1 aliphatic carbocycles. The predicted octanol–water partition coefficient (Wildman–Crippen LogP) is 2.11. The van der Waals surface area contributed by atoms with E-state index in [1.165, 1.54) is 6.07 Å². The molecule has 6 heteroatoms. The second-order valence-corrected chi connectivity index (χ2v) is 5.28. The van der Waals surface area contributed by atoms with Crippen LogP contribution in [0.2, 0.25) is 5.02 Å². The molecule has 102 valence electrons. The van der Waals surface area contributed by atoms with E-state index >= 15 is 0 Å². The van der Waals surface area contributed by atoms with Crippen LogP contribution in [0.1, 0.15) is 29.6 Å². The van der Waals surface area contributed by atoms with Crippen LogP contribution >= 0.6 is 11.6 Å². The molecule has 4 N–H and O–H groups in total. The van der Waals surface area contributed by atoms with Gasteiger partial charge in [0.15, 0.2) is 0 Å². The van der Waals surface area contributed by atoms with Crippen molar-refractivity contribution in [2.75, 3.05) is 11.9 Å². The van der Waals surface area contributed by atoms with Gasteiger partial charge in [-0.3, -0.25) is 9.59 Å². The first-order valence-corrected chi connectivity index (χ1v) is 6.39. The normalized spacial score (nSPS) is 16.5. The van der Waals surface area contributed by atoms with Gasteiger partial charge in [0.1, 0.15) is 0 Å². The van der Waals surface area contributed by atoms with E-state index in [4.69, 9.17) is 17.3 Å². The van der Waals surface area contributed by atoms with Crippen LogP contribution < -0.4 is 11.1 Å². The molecule has 0 radical (unpaired) electrons. The lowest BCUT2D eigenvalue weighted by Crippen LogP contribution is -2.43. The average Bonchev–Trinajstić information content (AvgIpc) is 2.26. The number of rotatable bonds is 5. The molecule has 0 heterocycles. The summed E-state index contributed by atoms with van der Waals surface area (Å²) >= 11 is 5.87. The number of aliphatic carboxylic acids is 1. The summed E-state index contributed by atoms with van der Waals surface area (Å²) in [5, 5.41) is 12.7. The van der Waals surface area contributed by atoms with Gasteiger partial charge in [-0.05, 0) is 31.0 Å². The second kappa shape index (κ2) is 5.09. The van der Waals surface area contributed by atoms with Crippen LogP contribution in [-0.4, -0.2) is 23.5 Å². The van der Waals surface area contributed by atoms with Crippen LogP contribution in [0.5, 0.6) is 0 Å².